The first-order valence-electron chi connectivity index (χ1n) is 5.27. The van der Waals surface area contributed by atoms with E-state index in [1.54, 1.807) is 0 Å². The molecule has 1 nitrogen and oxygen atoms in total. The zero-order valence-electron chi connectivity index (χ0n) is 8.36. The molecule has 1 aliphatic heterocycles. The maximum Gasteiger partial charge on any atom is 0.0202 e. The topological polar surface area (TPSA) is 26.0 Å². The molecule has 14 heavy (non-hydrogen) atoms. The number of nitrogens with two attached hydrogens (primary N) is 1. The van der Waals surface area contributed by atoms with Gasteiger partial charge in [0.25, 0.3) is 0 Å². The number of benzene rings is 1. The van der Waals surface area contributed by atoms with Crippen LogP contribution in [0.15, 0.2) is 30.3 Å². The van der Waals surface area contributed by atoms with Gasteiger partial charge in [0.2, 0.25) is 0 Å². The minimum atomic E-state index is 0.338. The molecule has 76 valence electrons. The molecule has 1 aromatic carbocycles. The molecule has 2 N–H and O–H groups in total. The van der Waals surface area contributed by atoms with Crippen LogP contribution in [0.1, 0.15) is 18.4 Å². The van der Waals surface area contributed by atoms with Crippen LogP contribution in [0, 0.1) is 0 Å². The van der Waals surface area contributed by atoms with Crippen molar-refractivity contribution in [3.8, 4) is 0 Å². The second-order valence-corrected chi connectivity index (χ2v) is 5.25. The minimum Gasteiger partial charge on any atom is -0.326 e. The monoisotopic (exact) mass is 207 g/mol. The lowest BCUT2D eigenvalue weighted by atomic mass is 10.0. The molecule has 0 spiro atoms. The Morgan fingerprint density at radius 1 is 1.36 bits per heavy atom. The van der Waals surface area contributed by atoms with Crippen LogP contribution in [0.5, 0.6) is 0 Å². The van der Waals surface area contributed by atoms with E-state index in [1.807, 2.05) is 11.8 Å². The summed E-state index contributed by atoms with van der Waals surface area (Å²) in [5, 5.41) is 0.690. The molecule has 1 fully saturated rings. The van der Waals surface area contributed by atoms with Gasteiger partial charge in [-0.15, -0.1) is 0 Å². The maximum absolute atomic E-state index is 6.19. The SMILES string of the molecule is NC(Cc1ccccc1)C1CCCS1. The van der Waals surface area contributed by atoms with E-state index in [0.29, 0.717) is 11.3 Å². The molecule has 2 rings (SSSR count). The van der Waals surface area contributed by atoms with Crippen LogP contribution in [0.3, 0.4) is 0 Å². The van der Waals surface area contributed by atoms with Crippen molar-refractivity contribution in [3.05, 3.63) is 35.9 Å². The Labute approximate surface area is 90.1 Å². The van der Waals surface area contributed by atoms with Crippen LogP contribution in [0.4, 0.5) is 0 Å². The molecule has 2 heteroatoms. The molecule has 0 saturated carbocycles. The van der Waals surface area contributed by atoms with E-state index >= 15 is 0 Å². The summed E-state index contributed by atoms with van der Waals surface area (Å²) in [6.45, 7) is 0. The van der Waals surface area contributed by atoms with E-state index in [4.69, 9.17) is 5.73 Å². The number of rotatable bonds is 3. The molecule has 1 aliphatic rings. The summed E-state index contributed by atoms with van der Waals surface area (Å²) in [7, 11) is 0. The standard InChI is InChI=1S/C12H17NS/c13-11(12-7-4-8-14-12)9-10-5-2-1-3-6-10/h1-3,5-6,11-12H,4,7-9,13H2. The Bertz CT molecular complexity index is 267. The van der Waals surface area contributed by atoms with E-state index in [2.05, 4.69) is 30.3 Å². The first-order chi connectivity index (χ1) is 6.86. The fourth-order valence-electron chi connectivity index (χ4n) is 1.96. The summed E-state index contributed by atoms with van der Waals surface area (Å²) in [6.07, 6.45) is 3.68. The van der Waals surface area contributed by atoms with Gasteiger partial charge in [0, 0.05) is 11.3 Å². The van der Waals surface area contributed by atoms with Crippen molar-refractivity contribution in [1.82, 2.24) is 0 Å². The maximum atomic E-state index is 6.19. The second-order valence-electron chi connectivity index (χ2n) is 3.91. The predicted molar refractivity (Wildman–Crippen MR) is 63.6 cm³/mol. The number of thioether (sulfide) groups is 1. The average molecular weight is 207 g/mol. The van der Waals surface area contributed by atoms with Crippen molar-refractivity contribution < 1.29 is 0 Å². The molecule has 0 radical (unpaired) electrons. The van der Waals surface area contributed by atoms with Crippen molar-refractivity contribution in [3.63, 3.8) is 0 Å². The summed E-state index contributed by atoms with van der Waals surface area (Å²) in [5.41, 5.74) is 7.56. The Kier molecular flexibility index (Phi) is 3.49. The summed E-state index contributed by atoms with van der Waals surface area (Å²) in [4.78, 5) is 0. The Hall–Kier alpha value is -0.470. The van der Waals surface area contributed by atoms with E-state index in [1.165, 1.54) is 24.2 Å². The molecular formula is C12H17NS. The van der Waals surface area contributed by atoms with Crippen LogP contribution in [0.2, 0.25) is 0 Å². The van der Waals surface area contributed by atoms with Gasteiger partial charge in [-0.05, 0) is 30.6 Å². The minimum absolute atomic E-state index is 0.338. The fraction of sp³-hybridized carbons (Fsp3) is 0.500. The molecule has 0 amide bonds. The van der Waals surface area contributed by atoms with Crippen molar-refractivity contribution in [2.45, 2.75) is 30.6 Å². The highest BCUT2D eigenvalue weighted by Gasteiger charge is 2.22. The van der Waals surface area contributed by atoms with Gasteiger partial charge < -0.3 is 5.73 Å². The third-order valence-corrected chi connectivity index (χ3v) is 4.29. The second kappa shape index (κ2) is 4.85. The molecule has 1 saturated heterocycles. The summed E-state index contributed by atoms with van der Waals surface area (Å²) >= 11 is 2.04. The zero-order chi connectivity index (χ0) is 9.80. The molecule has 1 heterocycles. The molecule has 0 aliphatic carbocycles. The van der Waals surface area contributed by atoms with Crippen LogP contribution in [-0.2, 0) is 6.42 Å². The van der Waals surface area contributed by atoms with Gasteiger partial charge in [0.15, 0.2) is 0 Å². The summed E-state index contributed by atoms with van der Waals surface area (Å²) in [5.74, 6) is 1.30. The number of hydrogen-bond donors (Lipinski definition) is 1. The quantitative estimate of drug-likeness (QED) is 0.824. The third kappa shape index (κ3) is 2.52. The predicted octanol–water partition coefficient (Wildman–Crippen LogP) is 2.45. The Morgan fingerprint density at radius 2 is 2.14 bits per heavy atom. The highest BCUT2D eigenvalue weighted by atomic mass is 32.2. The van der Waals surface area contributed by atoms with Gasteiger partial charge in [-0.25, -0.2) is 0 Å². The van der Waals surface area contributed by atoms with Crippen molar-refractivity contribution in [1.29, 1.82) is 0 Å². The molecule has 0 aromatic heterocycles. The van der Waals surface area contributed by atoms with Crippen LogP contribution in [-0.4, -0.2) is 17.0 Å². The lowest BCUT2D eigenvalue weighted by Crippen LogP contribution is -2.32. The first kappa shape index (κ1) is 10.1. The Morgan fingerprint density at radius 3 is 2.79 bits per heavy atom. The van der Waals surface area contributed by atoms with E-state index in [0.717, 1.165) is 6.42 Å². The van der Waals surface area contributed by atoms with Gasteiger partial charge in [-0.2, -0.15) is 11.8 Å². The van der Waals surface area contributed by atoms with Gasteiger partial charge in [0.05, 0.1) is 0 Å². The van der Waals surface area contributed by atoms with Gasteiger partial charge in [-0.1, -0.05) is 30.3 Å². The summed E-state index contributed by atoms with van der Waals surface area (Å²) < 4.78 is 0. The molecular weight excluding hydrogens is 190 g/mol. The van der Waals surface area contributed by atoms with Crippen molar-refractivity contribution in [2.75, 3.05) is 5.75 Å². The Balaban J connectivity index is 1.90. The van der Waals surface area contributed by atoms with Gasteiger partial charge in [0.1, 0.15) is 0 Å². The van der Waals surface area contributed by atoms with Crippen molar-refractivity contribution >= 4 is 11.8 Å². The van der Waals surface area contributed by atoms with E-state index < -0.39 is 0 Å². The fourth-order valence-corrected chi connectivity index (χ4v) is 3.27. The molecule has 2 unspecified atom stereocenters. The lowest BCUT2D eigenvalue weighted by Gasteiger charge is -2.17. The number of hydrogen-bond acceptors (Lipinski definition) is 2. The smallest absolute Gasteiger partial charge is 0.0202 e. The zero-order valence-corrected chi connectivity index (χ0v) is 9.17. The van der Waals surface area contributed by atoms with Crippen LogP contribution in [0.25, 0.3) is 0 Å². The van der Waals surface area contributed by atoms with E-state index in [-0.39, 0.29) is 0 Å². The normalized spacial score (nSPS) is 23.6. The molecule has 0 bridgehead atoms. The lowest BCUT2D eigenvalue weighted by molar-refractivity contribution is 0.609. The third-order valence-electron chi connectivity index (χ3n) is 2.76. The largest absolute Gasteiger partial charge is 0.326 e. The van der Waals surface area contributed by atoms with Gasteiger partial charge >= 0.3 is 0 Å². The highest BCUT2D eigenvalue weighted by molar-refractivity contribution is 8.00. The first-order valence-corrected chi connectivity index (χ1v) is 6.32. The van der Waals surface area contributed by atoms with E-state index in [9.17, 15) is 0 Å². The molecule has 1 aromatic rings. The van der Waals surface area contributed by atoms with Crippen LogP contribution < -0.4 is 5.73 Å². The van der Waals surface area contributed by atoms with Gasteiger partial charge in [-0.3, -0.25) is 0 Å². The highest BCUT2D eigenvalue weighted by Crippen LogP contribution is 2.29. The van der Waals surface area contributed by atoms with Crippen LogP contribution >= 0.6 is 11.8 Å². The average Bonchev–Trinajstić information content (AvgIpc) is 2.72. The van der Waals surface area contributed by atoms with Crippen molar-refractivity contribution in [2.24, 2.45) is 5.73 Å². The summed E-state index contributed by atoms with van der Waals surface area (Å²) in [6, 6.07) is 10.9. The molecule has 2 atom stereocenters.